The molecule has 2 heteroatoms. The van der Waals surface area contributed by atoms with Crippen molar-refractivity contribution in [2.75, 3.05) is 0 Å². The van der Waals surface area contributed by atoms with Gasteiger partial charge in [-0.05, 0) is 6.42 Å². The van der Waals surface area contributed by atoms with E-state index in [-0.39, 0.29) is 6.10 Å². The van der Waals surface area contributed by atoms with Crippen molar-refractivity contribution in [1.29, 1.82) is 0 Å². The molecule has 0 N–H and O–H groups in total. The summed E-state index contributed by atoms with van der Waals surface area (Å²) in [7, 11) is 2.19. The predicted molar refractivity (Wildman–Crippen MR) is 42.9 cm³/mol. The lowest BCUT2D eigenvalue weighted by molar-refractivity contribution is 0.286. The van der Waals surface area contributed by atoms with Crippen molar-refractivity contribution >= 4 is 9.47 Å². The minimum absolute atomic E-state index is 0.00468. The molecule has 0 radical (unpaired) electrons. The first-order valence-electron chi connectivity index (χ1n) is 3.16. The summed E-state index contributed by atoms with van der Waals surface area (Å²) in [5.74, 6) is 2.54. The van der Waals surface area contributed by atoms with Crippen LogP contribution in [0.4, 0.5) is 0 Å². The van der Waals surface area contributed by atoms with Crippen LogP contribution in [0.25, 0.3) is 0 Å². The standard InChI is InChI=1S/C7H13OP/c1-3-5-6-7(4-2)8-9/h2,7H,3,5-6,9H2,1H3. The van der Waals surface area contributed by atoms with Crippen molar-refractivity contribution in [3.63, 3.8) is 0 Å². The van der Waals surface area contributed by atoms with E-state index >= 15 is 0 Å². The highest BCUT2D eigenvalue weighted by atomic mass is 31.0. The molecule has 0 aliphatic carbocycles. The van der Waals surface area contributed by atoms with Gasteiger partial charge >= 0.3 is 0 Å². The van der Waals surface area contributed by atoms with E-state index in [1.807, 2.05) is 0 Å². The average Bonchev–Trinajstić information content (AvgIpc) is 1.91. The van der Waals surface area contributed by atoms with Crippen molar-refractivity contribution in [3.05, 3.63) is 0 Å². The number of hydrogen-bond acceptors (Lipinski definition) is 1. The van der Waals surface area contributed by atoms with Gasteiger partial charge in [0.25, 0.3) is 0 Å². The van der Waals surface area contributed by atoms with Gasteiger partial charge in [-0.1, -0.05) is 25.7 Å². The zero-order valence-electron chi connectivity index (χ0n) is 5.76. The van der Waals surface area contributed by atoms with Gasteiger partial charge in [0.15, 0.2) is 0 Å². The van der Waals surface area contributed by atoms with Crippen molar-refractivity contribution < 1.29 is 4.52 Å². The van der Waals surface area contributed by atoms with Crippen LogP contribution in [-0.2, 0) is 4.52 Å². The summed E-state index contributed by atoms with van der Waals surface area (Å²) in [4.78, 5) is 0. The summed E-state index contributed by atoms with van der Waals surface area (Å²) in [6.45, 7) is 2.14. The molecule has 2 atom stereocenters. The Kier molecular flexibility index (Phi) is 6.04. The Morgan fingerprint density at radius 1 is 1.78 bits per heavy atom. The third-order valence-electron chi connectivity index (χ3n) is 1.17. The maximum Gasteiger partial charge on any atom is 0.121 e. The fraction of sp³-hybridized carbons (Fsp3) is 0.714. The van der Waals surface area contributed by atoms with Gasteiger partial charge < -0.3 is 4.52 Å². The van der Waals surface area contributed by atoms with E-state index in [0.29, 0.717) is 0 Å². The van der Waals surface area contributed by atoms with Crippen LogP contribution in [0.1, 0.15) is 26.2 Å². The molecule has 52 valence electrons. The van der Waals surface area contributed by atoms with E-state index in [1.54, 1.807) is 0 Å². The zero-order chi connectivity index (χ0) is 7.11. The van der Waals surface area contributed by atoms with Crippen molar-refractivity contribution in [1.82, 2.24) is 0 Å². The second-order valence-electron chi connectivity index (χ2n) is 1.93. The first-order valence-corrected chi connectivity index (χ1v) is 3.64. The van der Waals surface area contributed by atoms with Crippen molar-refractivity contribution in [2.45, 2.75) is 32.3 Å². The monoisotopic (exact) mass is 144 g/mol. The second kappa shape index (κ2) is 6.08. The quantitative estimate of drug-likeness (QED) is 0.433. The fourth-order valence-corrected chi connectivity index (χ4v) is 0.795. The van der Waals surface area contributed by atoms with E-state index in [4.69, 9.17) is 10.9 Å². The van der Waals surface area contributed by atoms with Crippen LogP contribution >= 0.6 is 9.47 Å². The van der Waals surface area contributed by atoms with Gasteiger partial charge in [0.1, 0.15) is 6.10 Å². The molecule has 0 rings (SSSR count). The number of hydrogen-bond donors (Lipinski definition) is 0. The molecular weight excluding hydrogens is 131 g/mol. The first-order chi connectivity index (χ1) is 4.35. The fourth-order valence-electron chi connectivity index (χ4n) is 0.580. The Morgan fingerprint density at radius 3 is 2.78 bits per heavy atom. The molecular formula is C7H13OP. The average molecular weight is 144 g/mol. The topological polar surface area (TPSA) is 9.23 Å². The van der Waals surface area contributed by atoms with Gasteiger partial charge in [-0.2, -0.15) is 0 Å². The van der Waals surface area contributed by atoms with Crippen LogP contribution in [0, 0.1) is 12.3 Å². The Balaban J connectivity index is 3.23. The molecule has 9 heavy (non-hydrogen) atoms. The third kappa shape index (κ3) is 4.45. The summed E-state index contributed by atoms with van der Waals surface area (Å²) in [6, 6.07) is 0. The van der Waals surface area contributed by atoms with Crippen LogP contribution in [0.2, 0.25) is 0 Å². The Hall–Kier alpha value is -0.0500. The highest BCUT2D eigenvalue weighted by Gasteiger charge is 1.98. The Bertz CT molecular complexity index is 95.6. The molecule has 0 amide bonds. The van der Waals surface area contributed by atoms with Gasteiger partial charge in [-0.3, -0.25) is 0 Å². The molecule has 0 saturated heterocycles. The molecule has 0 spiro atoms. The lowest BCUT2D eigenvalue weighted by Gasteiger charge is -2.05. The minimum Gasteiger partial charge on any atom is -0.350 e. The van der Waals surface area contributed by atoms with Gasteiger partial charge in [0.05, 0.1) is 0 Å². The van der Waals surface area contributed by atoms with Crippen molar-refractivity contribution in [3.8, 4) is 12.3 Å². The molecule has 0 aromatic rings. The van der Waals surface area contributed by atoms with Crippen LogP contribution in [-0.4, -0.2) is 6.10 Å². The van der Waals surface area contributed by atoms with E-state index in [0.717, 1.165) is 12.8 Å². The smallest absolute Gasteiger partial charge is 0.121 e. The highest BCUT2D eigenvalue weighted by molar-refractivity contribution is 7.09. The second-order valence-corrected chi connectivity index (χ2v) is 2.21. The van der Waals surface area contributed by atoms with Crippen molar-refractivity contribution in [2.24, 2.45) is 0 Å². The summed E-state index contributed by atoms with van der Waals surface area (Å²) in [5.41, 5.74) is 0. The molecule has 0 saturated carbocycles. The molecule has 0 fully saturated rings. The largest absolute Gasteiger partial charge is 0.350 e. The summed E-state index contributed by atoms with van der Waals surface area (Å²) in [6.07, 6.45) is 8.41. The highest BCUT2D eigenvalue weighted by Crippen LogP contribution is 2.06. The first kappa shape index (κ1) is 8.95. The number of rotatable bonds is 4. The van der Waals surface area contributed by atoms with Gasteiger partial charge in [0.2, 0.25) is 0 Å². The molecule has 0 bridgehead atoms. The van der Waals surface area contributed by atoms with Gasteiger partial charge in [-0.15, -0.1) is 6.42 Å². The molecule has 0 heterocycles. The van der Waals surface area contributed by atoms with E-state index < -0.39 is 0 Å². The number of unbranched alkanes of at least 4 members (excludes halogenated alkanes) is 1. The number of terminal acetylenes is 1. The van der Waals surface area contributed by atoms with Crippen LogP contribution in [0.15, 0.2) is 0 Å². The SMILES string of the molecule is C#CC(CCCC)OP. The Morgan fingerprint density at radius 2 is 2.44 bits per heavy atom. The zero-order valence-corrected chi connectivity index (χ0v) is 6.92. The third-order valence-corrected chi connectivity index (χ3v) is 1.50. The van der Waals surface area contributed by atoms with Crippen LogP contribution in [0.5, 0.6) is 0 Å². The van der Waals surface area contributed by atoms with E-state index in [9.17, 15) is 0 Å². The summed E-state index contributed by atoms with van der Waals surface area (Å²) in [5, 5.41) is 0. The molecule has 2 unspecified atom stereocenters. The minimum atomic E-state index is -0.00468. The summed E-state index contributed by atoms with van der Waals surface area (Å²) < 4.78 is 4.88. The summed E-state index contributed by atoms with van der Waals surface area (Å²) >= 11 is 0. The maximum absolute atomic E-state index is 5.14. The maximum atomic E-state index is 5.14. The van der Waals surface area contributed by atoms with Crippen LogP contribution < -0.4 is 0 Å². The Labute approximate surface area is 59.5 Å². The van der Waals surface area contributed by atoms with E-state index in [2.05, 4.69) is 22.3 Å². The van der Waals surface area contributed by atoms with E-state index in [1.165, 1.54) is 6.42 Å². The van der Waals surface area contributed by atoms with Gasteiger partial charge in [-0.25, -0.2) is 0 Å². The van der Waals surface area contributed by atoms with Gasteiger partial charge in [0, 0.05) is 9.47 Å². The molecule has 0 aliphatic heterocycles. The lowest BCUT2D eigenvalue weighted by Crippen LogP contribution is -2.02. The molecule has 0 aromatic heterocycles. The predicted octanol–water partition coefficient (Wildman–Crippen LogP) is 1.99. The molecule has 0 aromatic carbocycles. The normalized spacial score (nSPS) is 12.6. The van der Waals surface area contributed by atoms with Crippen LogP contribution in [0.3, 0.4) is 0 Å². The molecule has 1 nitrogen and oxygen atoms in total. The lowest BCUT2D eigenvalue weighted by atomic mass is 10.2. The molecule has 0 aliphatic rings.